The number of carbonyl (C=O) groups excluding carboxylic acids is 1. The molecule has 1 aromatic carbocycles. The first kappa shape index (κ1) is 15.7. The Morgan fingerprint density at radius 3 is 2.32 bits per heavy atom. The maximum atomic E-state index is 12.1. The number of amides is 1. The summed E-state index contributed by atoms with van der Waals surface area (Å²) in [5.74, 6) is 1.23. The Balaban J connectivity index is 1.54. The van der Waals surface area contributed by atoms with Crippen LogP contribution >= 0.6 is 23.5 Å². The number of carbonyl (C=O) groups is 2. The molecule has 0 unspecified atom stereocenters. The van der Waals surface area contributed by atoms with E-state index in [1.165, 1.54) is 23.5 Å². The van der Waals surface area contributed by atoms with E-state index in [1.807, 2.05) is 47.8 Å². The van der Waals surface area contributed by atoms with Gasteiger partial charge in [-0.05, 0) is 48.5 Å². The van der Waals surface area contributed by atoms with Crippen molar-refractivity contribution < 1.29 is 14.7 Å². The predicted molar refractivity (Wildman–Crippen MR) is 90.3 cm³/mol. The lowest BCUT2D eigenvalue weighted by Crippen LogP contribution is -2.46. The standard InChI is InChI=1S/C16H19NO3S2/c18-14(17-13-8-12(9-13)15(19)20)10-2-4-11(5-3-10)16-21-6-1-7-22-16/h2-5,12-13,16H,1,6-9H2,(H,17,18)(H,19,20). The molecule has 2 aliphatic rings. The highest BCUT2D eigenvalue weighted by molar-refractivity contribution is 8.16. The molecular weight excluding hydrogens is 318 g/mol. The second-order valence-electron chi connectivity index (χ2n) is 5.73. The van der Waals surface area contributed by atoms with Crippen LogP contribution in [-0.2, 0) is 4.79 Å². The molecule has 1 aliphatic carbocycles. The van der Waals surface area contributed by atoms with E-state index in [1.54, 1.807) is 0 Å². The van der Waals surface area contributed by atoms with Gasteiger partial charge in [0.25, 0.3) is 5.91 Å². The van der Waals surface area contributed by atoms with Gasteiger partial charge in [-0.2, -0.15) is 0 Å². The zero-order chi connectivity index (χ0) is 15.5. The normalized spacial score (nSPS) is 25.3. The van der Waals surface area contributed by atoms with Crippen LogP contribution in [0.25, 0.3) is 0 Å². The van der Waals surface area contributed by atoms with Gasteiger partial charge in [-0.3, -0.25) is 9.59 Å². The Hall–Kier alpha value is -1.14. The summed E-state index contributed by atoms with van der Waals surface area (Å²) in [5.41, 5.74) is 1.91. The van der Waals surface area contributed by atoms with Crippen LogP contribution in [0, 0.1) is 5.92 Å². The van der Waals surface area contributed by atoms with Crippen LogP contribution in [0.4, 0.5) is 0 Å². The minimum Gasteiger partial charge on any atom is -0.481 e. The number of benzene rings is 1. The molecule has 1 heterocycles. The van der Waals surface area contributed by atoms with Crippen molar-refractivity contribution in [3.63, 3.8) is 0 Å². The number of hydrogen-bond donors (Lipinski definition) is 2. The van der Waals surface area contributed by atoms with E-state index < -0.39 is 5.97 Å². The Bertz CT molecular complexity index is 549. The van der Waals surface area contributed by atoms with Crippen LogP contribution in [0.5, 0.6) is 0 Å². The number of nitrogens with one attached hydrogen (secondary N) is 1. The summed E-state index contributed by atoms with van der Waals surface area (Å²) >= 11 is 3.93. The summed E-state index contributed by atoms with van der Waals surface area (Å²) in [6, 6.07) is 7.80. The molecule has 1 aliphatic heterocycles. The highest BCUT2D eigenvalue weighted by Gasteiger charge is 2.35. The van der Waals surface area contributed by atoms with E-state index in [0.29, 0.717) is 23.0 Å². The highest BCUT2D eigenvalue weighted by Crippen LogP contribution is 2.43. The lowest BCUT2D eigenvalue weighted by molar-refractivity contribution is -0.145. The summed E-state index contributed by atoms with van der Waals surface area (Å²) < 4.78 is 0.480. The van der Waals surface area contributed by atoms with Gasteiger partial charge in [-0.15, -0.1) is 23.5 Å². The molecule has 1 saturated carbocycles. The van der Waals surface area contributed by atoms with Crippen LogP contribution in [0.2, 0.25) is 0 Å². The van der Waals surface area contributed by atoms with Gasteiger partial charge >= 0.3 is 5.97 Å². The molecule has 0 atom stereocenters. The largest absolute Gasteiger partial charge is 0.481 e. The first-order valence-electron chi connectivity index (χ1n) is 7.50. The third-order valence-electron chi connectivity index (χ3n) is 4.09. The van der Waals surface area contributed by atoms with Gasteiger partial charge in [0.05, 0.1) is 10.5 Å². The summed E-state index contributed by atoms with van der Waals surface area (Å²) in [6.07, 6.45) is 2.34. The van der Waals surface area contributed by atoms with E-state index in [4.69, 9.17) is 5.11 Å². The molecule has 2 N–H and O–H groups in total. The Morgan fingerprint density at radius 1 is 1.09 bits per heavy atom. The average Bonchev–Trinajstić information content (AvgIpc) is 2.51. The smallest absolute Gasteiger partial charge is 0.306 e. The van der Waals surface area contributed by atoms with Crippen LogP contribution in [-0.4, -0.2) is 34.5 Å². The Labute approximate surface area is 138 Å². The molecular formula is C16H19NO3S2. The first-order valence-corrected chi connectivity index (χ1v) is 9.60. The summed E-state index contributed by atoms with van der Waals surface area (Å²) in [4.78, 5) is 22.9. The van der Waals surface area contributed by atoms with Crippen LogP contribution in [0.15, 0.2) is 24.3 Å². The monoisotopic (exact) mass is 337 g/mol. The van der Waals surface area contributed by atoms with E-state index in [2.05, 4.69) is 5.32 Å². The van der Waals surface area contributed by atoms with Crippen molar-refractivity contribution >= 4 is 35.4 Å². The van der Waals surface area contributed by atoms with Crippen molar-refractivity contribution in [3.05, 3.63) is 35.4 Å². The topological polar surface area (TPSA) is 66.4 Å². The van der Waals surface area contributed by atoms with Gasteiger partial charge in [0.15, 0.2) is 0 Å². The first-order chi connectivity index (χ1) is 10.6. The van der Waals surface area contributed by atoms with E-state index in [9.17, 15) is 9.59 Å². The summed E-state index contributed by atoms with van der Waals surface area (Å²) in [5, 5.41) is 11.7. The molecule has 1 saturated heterocycles. The summed E-state index contributed by atoms with van der Waals surface area (Å²) in [6.45, 7) is 0. The molecule has 1 amide bonds. The highest BCUT2D eigenvalue weighted by atomic mass is 32.2. The molecule has 118 valence electrons. The number of rotatable bonds is 4. The lowest BCUT2D eigenvalue weighted by atomic mass is 9.80. The van der Waals surface area contributed by atoms with Crippen molar-refractivity contribution in [1.29, 1.82) is 0 Å². The molecule has 22 heavy (non-hydrogen) atoms. The average molecular weight is 337 g/mol. The molecule has 0 radical (unpaired) electrons. The van der Waals surface area contributed by atoms with Crippen molar-refractivity contribution in [2.45, 2.75) is 29.9 Å². The predicted octanol–water partition coefficient (Wildman–Crippen LogP) is 3.15. The quantitative estimate of drug-likeness (QED) is 0.883. The fourth-order valence-electron chi connectivity index (χ4n) is 2.68. The second-order valence-corrected chi connectivity index (χ2v) is 8.45. The third kappa shape index (κ3) is 3.60. The van der Waals surface area contributed by atoms with Crippen LogP contribution in [0.1, 0.15) is 39.8 Å². The minimum absolute atomic E-state index is 0.00210. The Morgan fingerprint density at radius 2 is 1.73 bits per heavy atom. The zero-order valence-corrected chi connectivity index (χ0v) is 13.8. The van der Waals surface area contributed by atoms with Gasteiger partial charge in [-0.1, -0.05) is 12.1 Å². The maximum absolute atomic E-state index is 12.1. The Kier molecular flexibility index (Phi) is 4.98. The van der Waals surface area contributed by atoms with Gasteiger partial charge in [0.2, 0.25) is 0 Å². The molecule has 0 aromatic heterocycles. The fraction of sp³-hybridized carbons (Fsp3) is 0.500. The number of thioether (sulfide) groups is 2. The molecule has 1 aromatic rings. The number of carboxylic acid groups (broad SMARTS) is 1. The van der Waals surface area contributed by atoms with Crippen LogP contribution in [0.3, 0.4) is 0 Å². The number of carboxylic acids is 1. The maximum Gasteiger partial charge on any atom is 0.306 e. The van der Waals surface area contributed by atoms with Gasteiger partial charge in [-0.25, -0.2) is 0 Å². The zero-order valence-electron chi connectivity index (χ0n) is 12.2. The SMILES string of the molecule is O=C(NC1CC(C(=O)O)C1)c1ccc(C2SCCCS2)cc1. The van der Waals surface area contributed by atoms with Crippen molar-refractivity contribution in [1.82, 2.24) is 5.32 Å². The van der Waals surface area contributed by atoms with Crippen molar-refractivity contribution in [3.8, 4) is 0 Å². The molecule has 3 rings (SSSR count). The minimum atomic E-state index is -0.766. The second kappa shape index (κ2) is 6.96. The molecule has 6 heteroatoms. The van der Waals surface area contributed by atoms with Crippen molar-refractivity contribution in [2.24, 2.45) is 5.92 Å². The van der Waals surface area contributed by atoms with E-state index in [0.717, 1.165) is 0 Å². The van der Waals surface area contributed by atoms with Crippen molar-refractivity contribution in [2.75, 3.05) is 11.5 Å². The van der Waals surface area contributed by atoms with Gasteiger partial charge < -0.3 is 10.4 Å². The van der Waals surface area contributed by atoms with Crippen LogP contribution < -0.4 is 5.32 Å². The molecule has 0 bridgehead atoms. The van der Waals surface area contributed by atoms with E-state index >= 15 is 0 Å². The number of hydrogen-bond acceptors (Lipinski definition) is 4. The fourth-order valence-corrected chi connectivity index (χ4v) is 5.57. The van der Waals surface area contributed by atoms with Gasteiger partial charge in [0.1, 0.15) is 0 Å². The third-order valence-corrected chi connectivity index (χ3v) is 7.11. The lowest BCUT2D eigenvalue weighted by Gasteiger charge is -2.32. The molecule has 4 nitrogen and oxygen atoms in total. The molecule has 2 fully saturated rings. The summed E-state index contributed by atoms with van der Waals surface area (Å²) in [7, 11) is 0. The number of aliphatic carboxylic acids is 1. The van der Waals surface area contributed by atoms with Gasteiger partial charge in [0, 0.05) is 11.6 Å². The van der Waals surface area contributed by atoms with E-state index in [-0.39, 0.29) is 17.9 Å². The molecule has 0 spiro atoms.